The zero-order valence-electron chi connectivity index (χ0n) is 23.9. The minimum atomic E-state index is -4.26. The quantitative estimate of drug-likeness (QED) is 0.331. The number of aromatic nitrogens is 3. The van der Waals surface area contributed by atoms with Gasteiger partial charge in [0.2, 0.25) is 0 Å². The van der Waals surface area contributed by atoms with Crippen LogP contribution in [0.3, 0.4) is 0 Å². The van der Waals surface area contributed by atoms with E-state index in [1.807, 2.05) is 24.3 Å². The molecule has 1 amide bonds. The number of rotatable bonds is 1. The Kier molecular flexibility index (Phi) is 6.50. The van der Waals surface area contributed by atoms with Gasteiger partial charge in [0.1, 0.15) is 16.2 Å². The third-order valence-electron chi connectivity index (χ3n) is 8.65. The molecule has 1 spiro atoms. The molecule has 2 N–H and O–H groups in total. The van der Waals surface area contributed by atoms with Crippen molar-refractivity contribution in [2.45, 2.75) is 75.9 Å². The van der Waals surface area contributed by atoms with Gasteiger partial charge in [-0.15, -0.1) is 0 Å². The fraction of sp³-hybridized carbons (Fsp3) is 0.467. The summed E-state index contributed by atoms with van der Waals surface area (Å²) in [5.74, 6) is 0.618. The Morgan fingerprint density at radius 2 is 1.78 bits per heavy atom. The van der Waals surface area contributed by atoms with E-state index in [0.717, 1.165) is 41.8 Å². The summed E-state index contributed by atoms with van der Waals surface area (Å²) < 4.78 is 29.8. The molecule has 11 heteroatoms. The summed E-state index contributed by atoms with van der Waals surface area (Å²) in [5, 5.41) is 3.22. The van der Waals surface area contributed by atoms with Crippen LogP contribution in [0.25, 0.3) is 0 Å². The third kappa shape index (κ3) is 5.22. The Bertz CT molecular complexity index is 1650. The molecule has 216 valence electrons. The molecule has 5 heterocycles. The summed E-state index contributed by atoms with van der Waals surface area (Å²) in [6.07, 6.45) is 2.81. The highest BCUT2D eigenvalue weighted by molar-refractivity contribution is 9.10. The average Bonchev–Trinajstić information content (AvgIpc) is 3.46. The van der Waals surface area contributed by atoms with Gasteiger partial charge in [0, 0.05) is 23.2 Å². The number of fused-ring (bicyclic) bond motifs is 5. The van der Waals surface area contributed by atoms with Gasteiger partial charge in [-0.3, -0.25) is 4.79 Å². The van der Waals surface area contributed by atoms with Gasteiger partial charge in [-0.25, -0.2) is 19.7 Å². The number of amides is 1. The highest BCUT2D eigenvalue weighted by atomic mass is 79.9. The molecule has 0 aromatic carbocycles. The predicted molar refractivity (Wildman–Crippen MR) is 161 cm³/mol. The highest BCUT2D eigenvalue weighted by Gasteiger charge is 2.63. The summed E-state index contributed by atoms with van der Waals surface area (Å²) in [4.78, 5) is 30.0. The average molecular weight is 640 g/mol. The van der Waals surface area contributed by atoms with Gasteiger partial charge in [-0.05, 0) is 96.8 Å². The number of pyridine rings is 3. The van der Waals surface area contributed by atoms with Crippen molar-refractivity contribution in [3.05, 3.63) is 70.1 Å². The van der Waals surface area contributed by atoms with E-state index in [4.69, 9.17) is 9.97 Å². The molecule has 9 nitrogen and oxygen atoms in total. The first kappa shape index (κ1) is 28.1. The molecule has 3 aromatic heterocycles. The van der Waals surface area contributed by atoms with Crippen molar-refractivity contribution in [1.82, 2.24) is 19.7 Å². The fourth-order valence-electron chi connectivity index (χ4n) is 6.54. The standard InChI is InChI=1S/C30H35BrN6O3S/c1-28(2,3)22-13-12-19-26(34-22)37-17-30(16-29(37,4)5)15-18(30)14-21(20-8-6-9-23(31)32-20)33-24-10-7-11-25(35-24)41(39,40)36-27(19)38/h6-13,18,21H,14-17H2,1-5H3,(H,33,35)(H,36,38)/t18?,21-,30?/m1/s1. The van der Waals surface area contributed by atoms with Crippen molar-refractivity contribution in [1.29, 1.82) is 0 Å². The summed E-state index contributed by atoms with van der Waals surface area (Å²) in [5.41, 5.74) is 1.46. The lowest BCUT2D eigenvalue weighted by Crippen LogP contribution is -2.41. The van der Waals surface area contributed by atoms with Gasteiger partial charge >= 0.3 is 0 Å². The molecule has 4 bridgehead atoms. The van der Waals surface area contributed by atoms with Crippen molar-refractivity contribution in [3.63, 3.8) is 0 Å². The van der Waals surface area contributed by atoms with Crippen molar-refractivity contribution in [2.75, 3.05) is 16.8 Å². The second-order valence-corrected chi connectivity index (χ2v) is 15.7. The van der Waals surface area contributed by atoms with Crippen LogP contribution in [-0.2, 0) is 15.4 Å². The number of halogens is 1. The topological polar surface area (TPSA) is 117 Å². The van der Waals surface area contributed by atoms with Crippen LogP contribution in [-0.4, -0.2) is 41.4 Å². The Morgan fingerprint density at radius 1 is 1.02 bits per heavy atom. The van der Waals surface area contributed by atoms with Crippen LogP contribution >= 0.6 is 15.9 Å². The summed E-state index contributed by atoms with van der Waals surface area (Å²) in [6, 6.07) is 13.9. The molecule has 1 saturated heterocycles. The van der Waals surface area contributed by atoms with E-state index in [9.17, 15) is 13.2 Å². The van der Waals surface area contributed by atoms with Crippen LogP contribution in [0.2, 0.25) is 0 Å². The summed E-state index contributed by atoms with van der Waals surface area (Å²) >= 11 is 3.50. The second-order valence-electron chi connectivity index (χ2n) is 13.3. The molecule has 2 fully saturated rings. The third-order valence-corrected chi connectivity index (χ3v) is 10.3. The minimum Gasteiger partial charge on any atom is -0.362 e. The molecule has 3 aromatic rings. The smallest absolute Gasteiger partial charge is 0.281 e. The zero-order chi connectivity index (χ0) is 29.4. The normalized spacial score (nSPS) is 26.5. The lowest BCUT2D eigenvalue weighted by atomic mass is 9.90. The Morgan fingerprint density at radius 3 is 2.51 bits per heavy atom. The SMILES string of the molecule is CC(C)(C)c1ccc2c(n1)N1CC3(CC3C[C@H](c3cccc(Br)n3)Nc3cccc(n3)S(=O)(=O)NC2=O)CC1(C)C. The molecule has 2 unspecified atom stereocenters. The highest BCUT2D eigenvalue weighted by Crippen LogP contribution is 2.65. The number of nitrogens with zero attached hydrogens (tertiary/aromatic N) is 4. The number of nitrogens with one attached hydrogen (secondary N) is 2. The fourth-order valence-corrected chi connectivity index (χ4v) is 7.83. The largest absolute Gasteiger partial charge is 0.362 e. The van der Waals surface area contributed by atoms with Crippen molar-refractivity contribution in [2.24, 2.45) is 11.3 Å². The minimum absolute atomic E-state index is 0.0597. The number of hydrogen-bond donors (Lipinski definition) is 2. The van der Waals surface area contributed by atoms with Gasteiger partial charge < -0.3 is 10.2 Å². The van der Waals surface area contributed by atoms with Crippen molar-refractivity contribution < 1.29 is 13.2 Å². The number of anilines is 2. The molecule has 3 atom stereocenters. The molecule has 3 aliphatic rings. The molecular formula is C30H35BrN6O3S. The molecular weight excluding hydrogens is 604 g/mol. The van der Waals surface area contributed by atoms with E-state index in [0.29, 0.717) is 17.6 Å². The molecule has 0 radical (unpaired) electrons. The van der Waals surface area contributed by atoms with Crippen LogP contribution in [0.4, 0.5) is 11.6 Å². The van der Waals surface area contributed by atoms with Crippen LogP contribution in [0.5, 0.6) is 0 Å². The van der Waals surface area contributed by atoms with Crippen LogP contribution in [0.1, 0.15) is 81.7 Å². The predicted octanol–water partition coefficient (Wildman–Crippen LogP) is 5.60. The van der Waals surface area contributed by atoms with E-state index in [1.165, 1.54) is 6.07 Å². The maximum absolute atomic E-state index is 13.6. The van der Waals surface area contributed by atoms with E-state index in [-0.39, 0.29) is 33.0 Å². The van der Waals surface area contributed by atoms with Gasteiger partial charge in [-0.2, -0.15) is 8.42 Å². The first-order chi connectivity index (χ1) is 19.2. The molecule has 2 aliphatic heterocycles. The first-order valence-electron chi connectivity index (χ1n) is 13.9. The van der Waals surface area contributed by atoms with E-state index >= 15 is 0 Å². The van der Waals surface area contributed by atoms with Gasteiger partial charge in [-0.1, -0.05) is 32.9 Å². The number of hydrogen-bond acceptors (Lipinski definition) is 8. The number of sulfonamides is 1. The zero-order valence-corrected chi connectivity index (χ0v) is 26.3. The number of carbonyl (C=O) groups is 1. The van der Waals surface area contributed by atoms with Crippen LogP contribution < -0.4 is 14.9 Å². The summed E-state index contributed by atoms with van der Waals surface area (Å²) in [7, 11) is -4.26. The van der Waals surface area contributed by atoms with Crippen LogP contribution in [0, 0.1) is 11.3 Å². The van der Waals surface area contributed by atoms with Gasteiger partial charge in [0.15, 0.2) is 5.03 Å². The monoisotopic (exact) mass is 638 g/mol. The Hall–Kier alpha value is -3.05. The van der Waals surface area contributed by atoms with Crippen LogP contribution in [0.15, 0.2) is 58.2 Å². The maximum atomic E-state index is 13.6. The van der Waals surface area contributed by atoms with Crippen molar-refractivity contribution >= 4 is 43.5 Å². The van der Waals surface area contributed by atoms with Gasteiger partial charge in [0.05, 0.1) is 17.3 Å². The summed E-state index contributed by atoms with van der Waals surface area (Å²) in [6.45, 7) is 11.3. The first-order valence-corrected chi connectivity index (χ1v) is 16.2. The number of carbonyl (C=O) groups excluding carboxylic acids is 1. The Balaban J connectivity index is 1.50. The van der Waals surface area contributed by atoms with E-state index < -0.39 is 15.9 Å². The molecule has 1 saturated carbocycles. The van der Waals surface area contributed by atoms with Gasteiger partial charge in [0.25, 0.3) is 15.9 Å². The molecule has 6 rings (SSSR count). The van der Waals surface area contributed by atoms with Crippen molar-refractivity contribution in [3.8, 4) is 0 Å². The second kappa shape index (κ2) is 9.49. The lowest BCUT2D eigenvalue weighted by molar-refractivity contribution is 0.0981. The maximum Gasteiger partial charge on any atom is 0.281 e. The lowest BCUT2D eigenvalue weighted by Gasteiger charge is -2.34. The Labute approximate surface area is 249 Å². The van der Waals surface area contributed by atoms with E-state index in [2.05, 4.69) is 70.5 Å². The van der Waals surface area contributed by atoms with E-state index in [1.54, 1.807) is 18.2 Å². The molecule has 1 aliphatic carbocycles. The molecule has 41 heavy (non-hydrogen) atoms.